The highest BCUT2D eigenvalue weighted by atomic mass is 19.4. The summed E-state index contributed by atoms with van der Waals surface area (Å²) in [5.41, 5.74) is 2.51. The molecule has 2 aliphatic heterocycles. The van der Waals surface area contributed by atoms with Crippen LogP contribution in [0.15, 0.2) is 48.0 Å². The van der Waals surface area contributed by atoms with Gasteiger partial charge in [0.25, 0.3) is 0 Å². The van der Waals surface area contributed by atoms with Gasteiger partial charge in [-0.3, -0.25) is 5.01 Å². The number of rotatable bonds is 1. The third-order valence-electron chi connectivity index (χ3n) is 4.40. The molecular weight excluding hydrogens is 373 g/mol. The average Bonchev–Trinajstić information content (AvgIpc) is 2.94. The maximum Gasteiger partial charge on any atom is 0.416 e. The molecule has 4 N–H and O–H groups in total. The minimum Gasteiger partial charge on any atom is -0.492 e. The predicted octanol–water partition coefficient (Wildman–Crippen LogP) is 3.58. The van der Waals surface area contributed by atoms with Crippen molar-refractivity contribution in [3.63, 3.8) is 0 Å². The molecule has 0 atom stereocenters. The quantitative estimate of drug-likeness (QED) is 0.734. The Morgan fingerprint density at radius 1 is 0.889 bits per heavy atom. The van der Waals surface area contributed by atoms with Crippen LogP contribution in [-0.4, -0.2) is 10.6 Å². The van der Waals surface area contributed by atoms with Crippen molar-refractivity contribution in [3.05, 3.63) is 70.7 Å². The SMILES string of the molecule is O.OC1=C2CCc3c(F)ccc(F)c3N2NN1c1ccc(C(F)(F)F)cc1. The van der Waals surface area contributed by atoms with Gasteiger partial charge in [0.15, 0.2) is 0 Å². The molecule has 0 spiro atoms. The van der Waals surface area contributed by atoms with Crippen molar-refractivity contribution in [1.82, 2.24) is 5.53 Å². The Morgan fingerprint density at radius 2 is 1.52 bits per heavy atom. The molecule has 4 rings (SSSR count). The average molecular weight is 387 g/mol. The molecule has 2 aromatic rings. The highest BCUT2D eigenvalue weighted by molar-refractivity contribution is 5.66. The van der Waals surface area contributed by atoms with Crippen molar-refractivity contribution in [3.8, 4) is 0 Å². The molecule has 0 aromatic heterocycles. The lowest BCUT2D eigenvalue weighted by Gasteiger charge is -2.29. The summed E-state index contributed by atoms with van der Waals surface area (Å²) in [4.78, 5) is 0. The van der Waals surface area contributed by atoms with Crippen LogP contribution < -0.4 is 15.6 Å². The fourth-order valence-electron chi connectivity index (χ4n) is 3.13. The van der Waals surface area contributed by atoms with E-state index in [2.05, 4.69) is 5.53 Å². The van der Waals surface area contributed by atoms with E-state index in [9.17, 15) is 27.1 Å². The molecule has 27 heavy (non-hydrogen) atoms. The largest absolute Gasteiger partial charge is 0.492 e. The first-order valence-electron chi connectivity index (χ1n) is 7.70. The van der Waals surface area contributed by atoms with Gasteiger partial charge in [0.05, 0.1) is 16.9 Å². The van der Waals surface area contributed by atoms with Gasteiger partial charge in [-0.25, -0.2) is 13.8 Å². The molecule has 0 bridgehead atoms. The molecule has 2 heterocycles. The zero-order valence-electron chi connectivity index (χ0n) is 13.6. The van der Waals surface area contributed by atoms with E-state index < -0.39 is 23.4 Å². The van der Waals surface area contributed by atoms with Crippen molar-refractivity contribution in [2.75, 3.05) is 10.0 Å². The van der Waals surface area contributed by atoms with E-state index >= 15 is 0 Å². The van der Waals surface area contributed by atoms with E-state index in [1.807, 2.05) is 0 Å². The van der Waals surface area contributed by atoms with Gasteiger partial charge in [0.1, 0.15) is 17.3 Å². The maximum absolute atomic E-state index is 14.2. The first-order valence-corrected chi connectivity index (χ1v) is 7.70. The van der Waals surface area contributed by atoms with E-state index in [-0.39, 0.29) is 41.1 Å². The van der Waals surface area contributed by atoms with Crippen molar-refractivity contribution in [1.29, 1.82) is 0 Å². The number of hydrogen-bond acceptors (Lipinski definition) is 4. The number of alkyl halides is 3. The number of hydrogen-bond donors (Lipinski definition) is 2. The summed E-state index contributed by atoms with van der Waals surface area (Å²) < 4.78 is 66.3. The molecule has 5 nitrogen and oxygen atoms in total. The lowest BCUT2D eigenvalue weighted by Crippen LogP contribution is -2.43. The maximum atomic E-state index is 14.2. The number of aliphatic hydroxyl groups is 1. The van der Waals surface area contributed by atoms with Crippen LogP contribution >= 0.6 is 0 Å². The molecular formula is C17H14F5N3O2. The minimum absolute atomic E-state index is 0. The third-order valence-corrected chi connectivity index (χ3v) is 4.40. The summed E-state index contributed by atoms with van der Waals surface area (Å²) in [5, 5.41) is 12.7. The molecule has 0 radical (unpaired) electrons. The summed E-state index contributed by atoms with van der Waals surface area (Å²) in [6, 6.07) is 6.12. The van der Waals surface area contributed by atoms with Gasteiger partial charge in [-0.15, -0.1) is 5.53 Å². The third kappa shape index (κ3) is 2.96. The first kappa shape index (κ1) is 18.9. The molecule has 0 fully saturated rings. The molecule has 10 heteroatoms. The van der Waals surface area contributed by atoms with E-state index in [1.54, 1.807) is 0 Å². The summed E-state index contributed by atoms with van der Waals surface area (Å²) >= 11 is 0. The zero-order chi connectivity index (χ0) is 18.6. The Hall–Kier alpha value is -2.85. The van der Waals surface area contributed by atoms with E-state index in [4.69, 9.17) is 0 Å². The lowest BCUT2D eigenvalue weighted by molar-refractivity contribution is -0.137. The van der Waals surface area contributed by atoms with Gasteiger partial charge in [-0.05, 0) is 49.2 Å². The molecule has 144 valence electrons. The van der Waals surface area contributed by atoms with Gasteiger partial charge in [0, 0.05) is 5.56 Å². The number of halogens is 5. The Labute approximate surface area is 150 Å². The van der Waals surface area contributed by atoms with E-state index in [0.29, 0.717) is 5.70 Å². The van der Waals surface area contributed by atoms with Crippen LogP contribution in [0.1, 0.15) is 17.5 Å². The Bertz CT molecular complexity index is 912. The van der Waals surface area contributed by atoms with Crippen LogP contribution in [0.2, 0.25) is 0 Å². The molecule has 0 amide bonds. The molecule has 2 aromatic carbocycles. The zero-order valence-corrected chi connectivity index (χ0v) is 13.6. The standard InChI is InChI=1S/C17H12F5N3O.H2O/c18-12-6-7-13(19)15-11(12)5-8-14-16(26)24(23-25(14)15)10-3-1-9(2-4-10)17(20,21)22;/h1-4,6-7,23,26H,5,8H2;1H2. The summed E-state index contributed by atoms with van der Waals surface area (Å²) in [6.07, 6.45) is -4.05. The van der Waals surface area contributed by atoms with Crippen molar-refractivity contribution < 1.29 is 32.5 Å². The molecule has 0 saturated heterocycles. The van der Waals surface area contributed by atoms with Crippen LogP contribution in [0.25, 0.3) is 0 Å². The highest BCUT2D eigenvalue weighted by Gasteiger charge is 2.38. The predicted molar refractivity (Wildman–Crippen MR) is 87.5 cm³/mol. The van der Waals surface area contributed by atoms with Crippen LogP contribution in [0.3, 0.4) is 0 Å². The highest BCUT2D eigenvalue weighted by Crippen LogP contribution is 2.40. The smallest absolute Gasteiger partial charge is 0.416 e. The lowest BCUT2D eigenvalue weighted by atomic mass is 10.00. The number of benzene rings is 2. The van der Waals surface area contributed by atoms with Crippen LogP contribution in [0.5, 0.6) is 0 Å². The first-order chi connectivity index (χ1) is 12.3. The van der Waals surface area contributed by atoms with Gasteiger partial charge in [-0.2, -0.15) is 13.2 Å². The summed E-state index contributed by atoms with van der Waals surface area (Å²) in [6.45, 7) is 0. The monoisotopic (exact) mass is 387 g/mol. The van der Waals surface area contributed by atoms with Crippen molar-refractivity contribution in [2.24, 2.45) is 0 Å². The van der Waals surface area contributed by atoms with E-state index in [0.717, 1.165) is 29.3 Å². The van der Waals surface area contributed by atoms with E-state index in [1.165, 1.54) is 17.1 Å². The number of aliphatic hydroxyl groups excluding tert-OH is 1. The fourth-order valence-corrected chi connectivity index (χ4v) is 3.13. The summed E-state index contributed by atoms with van der Waals surface area (Å²) in [5.74, 6) is -1.51. The molecule has 0 unspecified atom stereocenters. The molecule has 0 saturated carbocycles. The van der Waals surface area contributed by atoms with Crippen LogP contribution in [0, 0.1) is 11.6 Å². The van der Waals surface area contributed by atoms with Crippen molar-refractivity contribution in [2.45, 2.75) is 19.0 Å². The minimum atomic E-state index is -4.48. The fraction of sp³-hybridized carbons (Fsp3) is 0.176. The number of nitrogens with zero attached hydrogens (tertiary/aromatic N) is 2. The number of hydrazine groups is 2. The van der Waals surface area contributed by atoms with Crippen LogP contribution in [-0.2, 0) is 12.6 Å². The second kappa shape index (κ2) is 6.39. The second-order valence-corrected chi connectivity index (χ2v) is 5.94. The topological polar surface area (TPSA) is 70.2 Å². The van der Waals surface area contributed by atoms with Gasteiger partial charge >= 0.3 is 6.18 Å². The molecule has 2 aliphatic rings. The Balaban J connectivity index is 0.00000210. The van der Waals surface area contributed by atoms with Gasteiger partial charge in [-0.1, -0.05) is 0 Å². The molecule has 0 aliphatic carbocycles. The Kier molecular flexibility index (Phi) is 4.48. The van der Waals surface area contributed by atoms with Crippen molar-refractivity contribution >= 4 is 11.4 Å². The number of fused-ring (bicyclic) bond motifs is 3. The van der Waals surface area contributed by atoms with Gasteiger partial charge in [0.2, 0.25) is 5.88 Å². The number of anilines is 2. The normalized spacial score (nSPS) is 16.2. The second-order valence-electron chi connectivity index (χ2n) is 5.94. The van der Waals surface area contributed by atoms with Gasteiger partial charge < -0.3 is 10.6 Å². The van der Waals surface area contributed by atoms with Crippen LogP contribution in [0.4, 0.5) is 33.3 Å². The Morgan fingerprint density at radius 3 is 2.15 bits per heavy atom. The summed E-state index contributed by atoms with van der Waals surface area (Å²) in [7, 11) is 0. The number of nitrogens with one attached hydrogen (secondary N) is 1. The number of allylic oxidation sites excluding steroid dienone is 1.